The van der Waals surface area contributed by atoms with Crippen LogP contribution in [0.3, 0.4) is 0 Å². The molecule has 0 aliphatic heterocycles. The summed E-state index contributed by atoms with van der Waals surface area (Å²) in [5.74, 6) is -0.824. The van der Waals surface area contributed by atoms with E-state index < -0.39 is 35.4 Å². The predicted molar refractivity (Wildman–Crippen MR) is 58.6 cm³/mol. The molecule has 1 unspecified atom stereocenters. The average Bonchev–Trinajstić information content (AvgIpc) is 2.20. The van der Waals surface area contributed by atoms with Gasteiger partial charge in [-0.25, -0.2) is 9.59 Å². The van der Waals surface area contributed by atoms with Gasteiger partial charge in [-0.1, -0.05) is 0 Å². The zero-order chi connectivity index (χ0) is 12.6. The molecule has 0 aromatic carbocycles. The summed E-state index contributed by atoms with van der Waals surface area (Å²) in [5, 5.41) is 21.6. The minimum absolute atomic E-state index is 0.309. The number of aliphatic hydroxyl groups is 1. The first kappa shape index (κ1) is 14.8. The molecule has 0 saturated heterocycles. The number of nitrogens with one attached hydrogen (secondary N) is 2. The van der Waals surface area contributed by atoms with Crippen molar-refractivity contribution in [3.05, 3.63) is 0 Å². The summed E-state index contributed by atoms with van der Waals surface area (Å²) < 4.78 is 10.7. The van der Waals surface area contributed by atoms with Crippen molar-refractivity contribution >= 4 is 22.8 Å². The normalized spacial score (nSPS) is 13.9. The molecule has 0 bridgehead atoms. The molecule has 0 aromatic rings. The monoisotopic (exact) mass is 252 g/mol. The Kier molecular flexibility index (Phi) is 7.48. The van der Waals surface area contributed by atoms with Gasteiger partial charge < -0.3 is 20.8 Å². The summed E-state index contributed by atoms with van der Waals surface area (Å²) in [5.41, 5.74) is 0. The number of carboxylic acids is 1. The first-order valence-corrected chi connectivity index (χ1v) is 6.38. The Labute approximate surface area is 95.7 Å². The summed E-state index contributed by atoms with van der Waals surface area (Å²) in [6.07, 6.45) is 2.11. The van der Waals surface area contributed by atoms with Gasteiger partial charge in [-0.2, -0.15) is 0 Å². The number of rotatable bonds is 7. The molecule has 0 spiro atoms. The molecule has 0 radical (unpaired) electrons. The fourth-order valence-corrected chi connectivity index (χ4v) is 1.42. The highest BCUT2D eigenvalue weighted by Gasteiger charge is 2.17. The molecule has 2 amide bonds. The molecule has 0 heterocycles. The van der Waals surface area contributed by atoms with Crippen molar-refractivity contribution in [1.82, 2.24) is 10.6 Å². The minimum atomic E-state index is -1.31. The van der Waals surface area contributed by atoms with Crippen molar-refractivity contribution in [3.63, 3.8) is 0 Å². The topological polar surface area (TPSA) is 116 Å². The van der Waals surface area contributed by atoms with E-state index in [-0.39, 0.29) is 0 Å². The lowest BCUT2D eigenvalue weighted by atomic mass is 10.3. The van der Waals surface area contributed by atoms with E-state index >= 15 is 0 Å². The molecular formula is C8H16N2O5S. The van der Waals surface area contributed by atoms with Gasteiger partial charge in [0.15, 0.2) is 6.04 Å². The van der Waals surface area contributed by atoms with Gasteiger partial charge >= 0.3 is 12.0 Å². The number of carboxylic acid groups (broad SMARTS) is 1. The van der Waals surface area contributed by atoms with Crippen molar-refractivity contribution < 1.29 is 24.0 Å². The van der Waals surface area contributed by atoms with E-state index in [4.69, 9.17) is 10.2 Å². The Bertz CT molecular complexity index is 271. The van der Waals surface area contributed by atoms with Gasteiger partial charge in [-0.15, -0.1) is 0 Å². The average molecular weight is 252 g/mol. The van der Waals surface area contributed by atoms with Crippen LogP contribution in [0, 0.1) is 0 Å². The molecule has 0 saturated carbocycles. The summed E-state index contributed by atoms with van der Waals surface area (Å²) in [6.45, 7) is -0.356. The van der Waals surface area contributed by atoms with Crippen LogP contribution in [0.2, 0.25) is 0 Å². The molecular weight excluding hydrogens is 236 g/mol. The van der Waals surface area contributed by atoms with Gasteiger partial charge in [0.05, 0.1) is 6.61 Å². The molecule has 7 nitrogen and oxygen atoms in total. The Morgan fingerprint density at radius 2 is 2.06 bits per heavy atom. The van der Waals surface area contributed by atoms with Crippen molar-refractivity contribution in [2.75, 3.05) is 25.2 Å². The fraction of sp³-hybridized carbons (Fsp3) is 0.750. The van der Waals surface area contributed by atoms with Gasteiger partial charge in [0, 0.05) is 29.4 Å². The number of aliphatic hydroxyl groups excluding tert-OH is 1. The van der Waals surface area contributed by atoms with Gasteiger partial charge in [0.25, 0.3) is 0 Å². The van der Waals surface area contributed by atoms with E-state index in [0.717, 1.165) is 0 Å². The van der Waals surface area contributed by atoms with E-state index in [9.17, 15) is 13.8 Å². The SMILES string of the molecule is CS(=O)CCCNC(=O)N[C@H](CO)C(=O)O. The van der Waals surface area contributed by atoms with Crippen molar-refractivity contribution in [3.8, 4) is 0 Å². The fourth-order valence-electron chi connectivity index (χ4n) is 0.872. The molecule has 4 N–H and O–H groups in total. The van der Waals surface area contributed by atoms with Crippen LogP contribution < -0.4 is 10.6 Å². The molecule has 0 aliphatic rings. The molecule has 0 aliphatic carbocycles. The summed E-state index contributed by atoms with van der Waals surface area (Å²) in [4.78, 5) is 21.5. The van der Waals surface area contributed by atoms with E-state index in [2.05, 4.69) is 10.6 Å². The minimum Gasteiger partial charge on any atom is -0.480 e. The predicted octanol–water partition coefficient (Wildman–Crippen LogP) is -1.50. The maximum atomic E-state index is 11.1. The van der Waals surface area contributed by atoms with Crippen LogP contribution in [0.1, 0.15) is 6.42 Å². The zero-order valence-corrected chi connectivity index (χ0v) is 9.75. The number of hydrogen-bond acceptors (Lipinski definition) is 4. The largest absolute Gasteiger partial charge is 0.480 e. The second-order valence-electron chi connectivity index (χ2n) is 3.10. The maximum Gasteiger partial charge on any atom is 0.328 e. The Morgan fingerprint density at radius 3 is 2.50 bits per heavy atom. The second kappa shape index (κ2) is 8.05. The van der Waals surface area contributed by atoms with Gasteiger partial charge in [0.2, 0.25) is 0 Å². The van der Waals surface area contributed by atoms with Crippen LogP contribution in [0.5, 0.6) is 0 Å². The zero-order valence-electron chi connectivity index (χ0n) is 8.93. The molecule has 0 rings (SSSR count). The first-order valence-electron chi connectivity index (χ1n) is 4.65. The van der Waals surface area contributed by atoms with Crippen LogP contribution in [0.4, 0.5) is 4.79 Å². The molecule has 94 valence electrons. The highest BCUT2D eigenvalue weighted by atomic mass is 32.2. The maximum absolute atomic E-state index is 11.1. The quantitative estimate of drug-likeness (QED) is 0.411. The van der Waals surface area contributed by atoms with Crippen LogP contribution >= 0.6 is 0 Å². The van der Waals surface area contributed by atoms with E-state index in [0.29, 0.717) is 18.7 Å². The third kappa shape index (κ3) is 7.18. The van der Waals surface area contributed by atoms with Crippen molar-refractivity contribution in [2.45, 2.75) is 12.5 Å². The van der Waals surface area contributed by atoms with Crippen molar-refractivity contribution in [2.24, 2.45) is 0 Å². The third-order valence-electron chi connectivity index (χ3n) is 1.68. The lowest BCUT2D eigenvalue weighted by Crippen LogP contribution is -2.48. The molecule has 16 heavy (non-hydrogen) atoms. The highest BCUT2D eigenvalue weighted by molar-refractivity contribution is 7.84. The molecule has 0 aromatic heterocycles. The van der Waals surface area contributed by atoms with Crippen LogP contribution in [0.25, 0.3) is 0 Å². The summed E-state index contributed by atoms with van der Waals surface area (Å²) in [6, 6.07) is -1.97. The van der Waals surface area contributed by atoms with E-state index in [1.54, 1.807) is 6.26 Å². The van der Waals surface area contributed by atoms with Gasteiger partial charge in [0.1, 0.15) is 0 Å². The Morgan fingerprint density at radius 1 is 1.44 bits per heavy atom. The Hall–Kier alpha value is -1.15. The van der Waals surface area contributed by atoms with Crippen LogP contribution in [0.15, 0.2) is 0 Å². The van der Waals surface area contributed by atoms with Crippen molar-refractivity contribution in [1.29, 1.82) is 0 Å². The second-order valence-corrected chi connectivity index (χ2v) is 4.66. The molecule has 8 heteroatoms. The summed E-state index contributed by atoms with van der Waals surface area (Å²) >= 11 is 0. The third-order valence-corrected chi connectivity index (χ3v) is 2.54. The lowest BCUT2D eigenvalue weighted by molar-refractivity contribution is -0.140. The molecule has 0 fully saturated rings. The van der Waals surface area contributed by atoms with Crippen LogP contribution in [-0.2, 0) is 15.6 Å². The number of aliphatic carboxylic acids is 1. The van der Waals surface area contributed by atoms with Gasteiger partial charge in [-0.05, 0) is 6.42 Å². The van der Waals surface area contributed by atoms with Gasteiger partial charge in [-0.3, -0.25) is 4.21 Å². The smallest absolute Gasteiger partial charge is 0.328 e. The lowest BCUT2D eigenvalue weighted by Gasteiger charge is -2.12. The number of carbonyl (C=O) groups is 2. The number of hydrogen-bond donors (Lipinski definition) is 4. The first-order chi connectivity index (χ1) is 7.47. The molecule has 2 atom stereocenters. The number of urea groups is 1. The van der Waals surface area contributed by atoms with Crippen LogP contribution in [-0.4, -0.2) is 57.6 Å². The highest BCUT2D eigenvalue weighted by Crippen LogP contribution is 1.84. The van der Waals surface area contributed by atoms with E-state index in [1.807, 2.05) is 0 Å². The van der Waals surface area contributed by atoms with E-state index in [1.165, 1.54) is 0 Å². The number of amides is 2. The Balaban J connectivity index is 3.73. The summed E-state index contributed by atoms with van der Waals surface area (Å²) in [7, 11) is -0.906. The standard InChI is InChI=1S/C8H16N2O5S/c1-16(15)4-2-3-9-8(14)10-6(5-11)7(12)13/h6,11H,2-5H2,1H3,(H,12,13)(H2,9,10,14)/t6-,16?/m1/s1. The number of carbonyl (C=O) groups excluding carboxylic acids is 1.